The van der Waals surface area contributed by atoms with Crippen LogP contribution in [0.3, 0.4) is 0 Å². The molecule has 142 valence electrons. The molecule has 1 heterocycles. The predicted octanol–water partition coefficient (Wildman–Crippen LogP) is 3.23. The van der Waals surface area contributed by atoms with E-state index in [0.29, 0.717) is 13.2 Å². The fourth-order valence-corrected chi connectivity index (χ4v) is 3.59. The molecule has 1 aliphatic heterocycles. The Morgan fingerprint density at radius 1 is 1.11 bits per heavy atom. The van der Waals surface area contributed by atoms with Gasteiger partial charge in [-0.2, -0.15) is 0 Å². The number of hydrogen-bond donors (Lipinski definition) is 1. The number of amides is 1. The summed E-state index contributed by atoms with van der Waals surface area (Å²) in [4.78, 5) is 26.1. The Morgan fingerprint density at radius 2 is 1.78 bits per heavy atom. The highest BCUT2D eigenvalue weighted by molar-refractivity contribution is 5.82. The number of aliphatic carboxylic acids is 1. The molecule has 0 aliphatic carbocycles. The average molecular weight is 367 g/mol. The van der Waals surface area contributed by atoms with Crippen LogP contribution < -0.4 is 0 Å². The first kappa shape index (κ1) is 19.1. The van der Waals surface area contributed by atoms with Crippen LogP contribution >= 0.6 is 0 Å². The minimum absolute atomic E-state index is 0.159. The molecule has 1 saturated heterocycles. The molecule has 0 radical (unpaired) electrons. The Labute approximate surface area is 159 Å². The quantitative estimate of drug-likeness (QED) is 0.851. The number of benzene rings is 2. The van der Waals surface area contributed by atoms with Crippen LogP contribution in [-0.2, 0) is 20.9 Å². The van der Waals surface area contributed by atoms with Gasteiger partial charge >= 0.3 is 5.97 Å². The third-order valence-electron chi connectivity index (χ3n) is 5.27. The minimum Gasteiger partial charge on any atom is -0.481 e. The topological polar surface area (TPSA) is 66.8 Å². The first-order valence-electron chi connectivity index (χ1n) is 9.20. The van der Waals surface area contributed by atoms with Crippen LogP contribution in [0.2, 0.25) is 0 Å². The Hall–Kier alpha value is -2.66. The SMILES string of the molecule is Cc1ccccc1COC(C)C(=O)N1C[C@@H](C(=O)O)[C@H](c2ccccc2)C1. The van der Waals surface area contributed by atoms with Crippen molar-refractivity contribution >= 4 is 11.9 Å². The highest BCUT2D eigenvalue weighted by Gasteiger charge is 2.41. The summed E-state index contributed by atoms with van der Waals surface area (Å²) in [5.74, 6) is -1.82. The Balaban J connectivity index is 1.66. The Bertz CT molecular complexity index is 805. The van der Waals surface area contributed by atoms with Crippen molar-refractivity contribution in [1.82, 2.24) is 4.90 Å². The molecule has 0 spiro atoms. The third-order valence-corrected chi connectivity index (χ3v) is 5.27. The van der Waals surface area contributed by atoms with E-state index in [-0.39, 0.29) is 18.4 Å². The normalized spacial score (nSPS) is 20.4. The summed E-state index contributed by atoms with van der Waals surface area (Å²) in [6.45, 7) is 4.71. The van der Waals surface area contributed by atoms with Crippen LogP contribution in [0.5, 0.6) is 0 Å². The molecule has 1 aliphatic rings. The molecular formula is C22H25NO4. The summed E-state index contributed by atoms with van der Waals surface area (Å²) in [7, 11) is 0. The maximum absolute atomic E-state index is 12.8. The number of nitrogens with zero attached hydrogens (tertiary/aromatic N) is 1. The second-order valence-corrected chi connectivity index (χ2v) is 7.08. The monoisotopic (exact) mass is 367 g/mol. The predicted molar refractivity (Wildman–Crippen MR) is 102 cm³/mol. The molecule has 0 aromatic heterocycles. The zero-order valence-corrected chi connectivity index (χ0v) is 15.7. The number of rotatable bonds is 6. The minimum atomic E-state index is -0.868. The zero-order valence-electron chi connectivity index (χ0n) is 15.7. The molecule has 0 bridgehead atoms. The van der Waals surface area contributed by atoms with Crippen molar-refractivity contribution in [2.75, 3.05) is 13.1 Å². The summed E-state index contributed by atoms with van der Waals surface area (Å²) < 4.78 is 5.78. The van der Waals surface area contributed by atoms with E-state index in [2.05, 4.69) is 0 Å². The number of likely N-dealkylation sites (tertiary alicyclic amines) is 1. The summed E-state index contributed by atoms with van der Waals surface area (Å²) >= 11 is 0. The van der Waals surface area contributed by atoms with Gasteiger partial charge in [-0.25, -0.2) is 0 Å². The molecule has 1 N–H and O–H groups in total. The molecule has 5 heteroatoms. The van der Waals surface area contributed by atoms with Crippen LogP contribution in [0.1, 0.15) is 29.5 Å². The van der Waals surface area contributed by atoms with Gasteiger partial charge in [0.25, 0.3) is 5.91 Å². The average Bonchev–Trinajstić information content (AvgIpc) is 3.13. The third kappa shape index (κ3) is 4.37. The van der Waals surface area contributed by atoms with E-state index in [1.165, 1.54) is 0 Å². The van der Waals surface area contributed by atoms with E-state index < -0.39 is 18.0 Å². The van der Waals surface area contributed by atoms with Crippen molar-refractivity contribution in [1.29, 1.82) is 0 Å². The van der Waals surface area contributed by atoms with E-state index in [9.17, 15) is 14.7 Å². The van der Waals surface area contributed by atoms with Gasteiger partial charge in [0.2, 0.25) is 0 Å². The van der Waals surface area contributed by atoms with Gasteiger partial charge in [0.05, 0.1) is 12.5 Å². The number of ether oxygens (including phenoxy) is 1. The first-order chi connectivity index (χ1) is 13.0. The van der Waals surface area contributed by atoms with Crippen molar-refractivity contribution < 1.29 is 19.4 Å². The lowest BCUT2D eigenvalue weighted by molar-refractivity contribution is -0.144. The molecular weight excluding hydrogens is 342 g/mol. The first-order valence-corrected chi connectivity index (χ1v) is 9.20. The largest absolute Gasteiger partial charge is 0.481 e. The number of carboxylic acids is 1. The van der Waals surface area contributed by atoms with Crippen LogP contribution in [0.4, 0.5) is 0 Å². The van der Waals surface area contributed by atoms with Crippen molar-refractivity contribution in [2.45, 2.75) is 32.5 Å². The molecule has 5 nitrogen and oxygen atoms in total. The van der Waals surface area contributed by atoms with Crippen LogP contribution in [-0.4, -0.2) is 41.1 Å². The fraction of sp³-hybridized carbons (Fsp3) is 0.364. The smallest absolute Gasteiger partial charge is 0.308 e. The number of hydrogen-bond acceptors (Lipinski definition) is 3. The molecule has 1 unspecified atom stereocenters. The lowest BCUT2D eigenvalue weighted by Crippen LogP contribution is -2.38. The maximum atomic E-state index is 12.8. The van der Waals surface area contributed by atoms with Gasteiger partial charge in [-0.3, -0.25) is 9.59 Å². The van der Waals surface area contributed by atoms with Crippen LogP contribution in [0.15, 0.2) is 54.6 Å². The van der Waals surface area contributed by atoms with Gasteiger partial charge < -0.3 is 14.7 Å². The van der Waals surface area contributed by atoms with Crippen LogP contribution in [0, 0.1) is 12.8 Å². The molecule has 27 heavy (non-hydrogen) atoms. The van der Waals surface area contributed by atoms with Gasteiger partial charge in [-0.15, -0.1) is 0 Å². The molecule has 2 aromatic carbocycles. The summed E-state index contributed by atoms with van der Waals surface area (Å²) in [6, 6.07) is 17.4. The van der Waals surface area contributed by atoms with Gasteiger partial charge in [0.1, 0.15) is 6.10 Å². The second-order valence-electron chi connectivity index (χ2n) is 7.08. The number of carbonyl (C=O) groups excluding carboxylic acids is 1. The Morgan fingerprint density at radius 3 is 2.44 bits per heavy atom. The highest BCUT2D eigenvalue weighted by atomic mass is 16.5. The lowest BCUT2D eigenvalue weighted by atomic mass is 9.89. The molecule has 3 atom stereocenters. The Kier molecular flexibility index (Phi) is 5.91. The second kappa shape index (κ2) is 8.35. The van der Waals surface area contributed by atoms with E-state index >= 15 is 0 Å². The van der Waals surface area contributed by atoms with E-state index in [4.69, 9.17) is 4.74 Å². The van der Waals surface area contributed by atoms with Gasteiger partial charge in [-0.1, -0.05) is 54.6 Å². The number of aryl methyl sites for hydroxylation is 1. The molecule has 1 fully saturated rings. The molecule has 2 aromatic rings. The van der Waals surface area contributed by atoms with Gasteiger partial charge in [0, 0.05) is 19.0 Å². The summed E-state index contributed by atoms with van der Waals surface area (Å²) in [5, 5.41) is 9.60. The summed E-state index contributed by atoms with van der Waals surface area (Å²) in [5.41, 5.74) is 3.12. The van der Waals surface area contributed by atoms with Crippen molar-refractivity contribution in [3.05, 3.63) is 71.3 Å². The maximum Gasteiger partial charge on any atom is 0.308 e. The van der Waals surface area contributed by atoms with Crippen molar-refractivity contribution in [2.24, 2.45) is 5.92 Å². The lowest BCUT2D eigenvalue weighted by Gasteiger charge is -2.21. The van der Waals surface area contributed by atoms with Crippen molar-refractivity contribution in [3.8, 4) is 0 Å². The standard InChI is InChI=1S/C22H25NO4/c1-15-8-6-7-11-18(15)14-27-16(2)21(24)23-12-19(20(13-23)22(25)26)17-9-4-3-5-10-17/h3-11,16,19-20H,12-14H2,1-2H3,(H,25,26)/t16?,19-,20+/m0/s1. The van der Waals surface area contributed by atoms with Crippen LogP contribution in [0.25, 0.3) is 0 Å². The van der Waals surface area contributed by atoms with E-state index in [1.54, 1.807) is 11.8 Å². The van der Waals surface area contributed by atoms with Gasteiger partial charge in [-0.05, 0) is 30.5 Å². The number of carbonyl (C=O) groups is 2. The van der Waals surface area contributed by atoms with E-state index in [0.717, 1.165) is 16.7 Å². The van der Waals surface area contributed by atoms with E-state index in [1.807, 2.05) is 61.5 Å². The summed E-state index contributed by atoms with van der Waals surface area (Å²) in [6.07, 6.45) is -0.617. The fourth-order valence-electron chi connectivity index (χ4n) is 3.59. The molecule has 3 rings (SSSR count). The highest BCUT2D eigenvalue weighted by Crippen LogP contribution is 2.33. The van der Waals surface area contributed by atoms with Gasteiger partial charge in [0.15, 0.2) is 0 Å². The van der Waals surface area contributed by atoms with Crippen molar-refractivity contribution in [3.63, 3.8) is 0 Å². The molecule has 0 saturated carbocycles. The molecule has 1 amide bonds. The zero-order chi connectivity index (χ0) is 19.4. The number of carboxylic acid groups (broad SMARTS) is 1.